The molecule has 8 nitrogen and oxygen atoms in total. The van der Waals surface area contributed by atoms with E-state index in [-0.39, 0.29) is 30.5 Å². The van der Waals surface area contributed by atoms with Gasteiger partial charge in [0.15, 0.2) is 0 Å². The molecule has 0 aliphatic rings. The van der Waals surface area contributed by atoms with Gasteiger partial charge in [0, 0.05) is 36.5 Å². The third-order valence-corrected chi connectivity index (χ3v) is 3.92. The van der Waals surface area contributed by atoms with E-state index in [1.54, 1.807) is 29.4 Å². The first-order valence-corrected chi connectivity index (χ1v) is 7.93. The summed E-state index contributed by atoms with van der Waals surface area (Å²) in [7, 11) is 0. The molecule has 4 aromatic rings. The summed E-state index contributed by atoms with van der Waals surface area (Å²) < 4.78 is 1.69. The summed E-state index contributed by atoms with van der Waals surface area (Å²) >= 11 is 0. The van der Waals surface area contributed by atoms with Crippen LogP contribution in [0.1, 0.15) is 5.56 Å². The first-order valence-electron chi connectivity index (χ1n) is 7.93. The molecule has 1 N–H and O–H groups in total. The van der Waals surface area contributed by atoms with Crippen molar-refractivity contribution in [1.82, 2.24) is 19.5 Å². The SMILES string of the molecule is Cl.Cl.O=[N+]([O-])c1ccc2nc(-n3ccnc3)nc(NCc3ccccc3)c2c1. The Morgan fingerprint density at radius 2 is 1.86 bits per heavy atom. The molecule has 0 aliphatic heterocycles. The van der Waals surface area contributed by atoms with Gasteiger partial charge in [0.25, 0.3) is 5.69 Å². The van der Waals surface area contributed by atoms with Crippen molar-refractivity contribution in [3.63, 3.8) is 0 Å². The van der Waals surface area contributed by atoms with Crippen LogP contribution in [-0.2, 0) is 6.54 Å². The van der Waals surface area contributed by atoms with Gasteiger partial charge in [-0.05, 0) is 11.6 Å². The van der Waals surface area contributed by atoms with E-state index in [1.165, 1.54) is 12.1 Å². The Labute approximate surface area is 172 Å². The minimum Gasteiger partial charge on any atom is -0.365 e. The van der Waals surface area contributed by atoms with Gasteiger partial charge < -0.3 is 5.32 Å². The fourth-order valence-electron chi connectivity index (χ4n) is 2.63. The zero-order chi connectivity index (χ0) is 17.9. The smallest absolute Gasteiger partial charge is 0.270 e. The van der Waals surface area contributed by atoms with Crippen LogP contribution in [0, 0.1) is 10.1 Å². The predicted molar refractivity (Wildman–Crippen MR) is 112 cm³/mol. The molecule has 4 rings (SSSR count). The average Bonchev–Trinajstić information content (AvgIpc) is 3.21. The fraction of sp³-hybridized carbons (Fsp3) is 0.0556. The van der Waals surface area contributed by atoms with Crippen LogP contribution < -0.4 is 5.32 Å². The summed E-state index contributed by atoms with van der Waals surface area (Å²) in [5.41, 5.74) is 1.69. The lowest BCUT2D eigenvalue weighted by atomic mass is 10.2. The molecule has 10 heteroatoms. The van der Waals surface area contributed by atoms with Crippen LogP contribution in [0.4, 0.5) is 11.5 Å². The Hall–Kier alpha value is -3.23. The monoisotopic (exact) mass is 418 g/mol. The van der Waals surface area contributed by atoms with E-state index in [2.05, 4.69) is 20.3 Å². The maximum absolute atomic E-state index is 11.1. The topological polar surface area (TPSA) is 98.8 Å². The van der Waals surface area contributed by atoms with Gasteiger partial charge in [-0.25, -0.2) is 9.97 Å². The molecular formula is C18H16Cl2N6O2. The van der Waals surface area contributed by atoms with Crippen molar-refractivity contribution in [2.24, 2.45) is 0 Å². The maximum Gasteiger partial charge on any atom is 0.270 e. The molecule has 0 aliphatic carbocycles. The number of nitro groups is 1. The molecule has 144 valence electrons. The summed E-state index contributed by atoms with van der Waals surface area (Å²) in [4.78, 5) is 23.7. The average molecular weight is 419 g/mol. The molecule has 0 atom stereocenters. The van der Waals surface area contributed by atoms with Crippen molar-refractivity contribution in [3.05, 3.63) is 82.9 Å². The Balaban J connectivity index is 0.00000140. The third kappa shape index (κ3) is 4.36. The molecule has 0 bridgehead atoms. The third-order valence-electron chi connectivity index (χ3n) is 3.92. The predicted octanol–water partition coefficient (Wildman–Crippen LogP) is 4.18. The number of nitro benzene ring substituents is 1. The molecule has 2 aromatic carbocycles. The summed E-state index contributed by atoms with van der Waals surface area (Å²) in [6.07, 6.45) is 4.99. The first-order chi connectivity index (χ1) is 12.7. The van der Waals surface area contributed by atoms with Crippen molar-refractivity contribution in [2.75, 3.05) is 5.32 Å². The lowest BCUT2D eigenvalue weighted by Crippen LogP contribution is -2.07. The number of imidazole rings is 1. The Morgan fingerprint density at radius 1 is 1.07 bits per heavy atom. The number of nitrogens with zero attached hydrogens (tertiary/aromatic N) is 5. The van der Waals surface area contributed by atoms with E-state index in [0.717, 1.165) is 5.56 Å². The number of benzene rings is 2. The van der Waals surface area contributed by atoms with Crippen LogP contribution in [0.5, 0.6) is 0 Å². The second-order valence-electron chi connectivity index (χ2n) is 5.64. The van der Waals surface area contributed by atoms with Crippen molar-refractivity contribution in [2.45, 2.75) is 6.54 Å². The van der Waals surface area contributed by atoms with Crippen LogP contribution in [0.25, 0.3) is 16.9 Å². The highest BCUT2D eigenvalue weighted by molar-refractivity contribution is 5.91. The normalized spacial score (nSPS) is 10.0. The molecule has 28 heavy (non-hydrogen) atoms. The molecule has 0 unspecified atom stereocenters. The van der Waals surface area contributed by atoms with Crippen LogP contribution in [0.3, 0.4) is 0 Å². The maximum atomic E-state index is 11.1. The van der Waals surface area contributed by atoms with Crippen molar-refractivity contribution >= 4 is 47.2 Å². The number of aromatic nitrogens is 4. The van der Waals surface area contributed by atoms with E-state index in [0.29, 0.717) is 29.2 Å². The Morgan fingerprint density at radius 3 is 2.54 bits per heavy atom. The van der Waals surface area contributed by atoms with Gasteiger partial charge in [0.1, 0.15) is 12.1 Å². The quantitative estimate of drug-likeness (QED) is 0.385. The van der Waals surface area contributed by atoms with Gasteiger partial charge in [-0.3, -0.25) is 14.7 Å². The second kappa shape index (κ2) is 9.12. The molecular weight excluding hydrogens is 403 g/mol. The molecule has 0 fully saturated rings. The van der Waals surface area contributed by atoms with E-state index in [4.69, 9.17) is 0 Å². The molecule has 0 saturated heterocycles. The number of halogens is 2. The standard InChI is InChI=1S/C18H14N6O2.2ClH/c25-24(26)14-6-7-16-15(10-14)17(20-11-13-4-2-1-3-5-13)22-18(21-16)23-9-8-19-12-23;;/h1-10,12H,11H2,(H,20,21,22);2*1H. The molecule has 0 saturated carbocycles. The fourth-order valence-corrected chi connectivity index (χ4v) is 2.63. The largest absolute Gasteiger partial charge is 0.365 e. The summed E-state index contributed by atoms with van der Waals surface area (Å²) in [6.45, 7) is 0.541. The highest BCUT2D eigenvalue weighted by Gasteiger charge is 2.13. The first kappa shape index (κ1) is 21.1. The van der Waals surface area contributed by atoms with E-state index in [1.807, 2.05) is 30.3 Å². The molecule has 0 radical (unpaired) electrons. The van der Waals surface area contributed by atoms with E-state index < -0.39 is 4.92 Å². The van der Waals surface area contributed by atoms with Crippen LogP contribution in [0.2, 0.25) is 0 Å². The highest BCUT2D eigenvalue weighted by Crippen LogP contribution is 2.26. The lowest BCUT2D eigenvalue weighted by molar-refractivity contribution is -0.384. The summed E-state index contributed by atoms with van der Waals surface area (Å²) in [5, 5.41) is 15.0. The number of hydrogen-bond donors (Lipinski definition) is 1. The number of fused-ring (bicyclic) bond motifs is 1. The van der Waals surface area contributed by atoms with Gasteiger partial charge in [-0.1, -0.05) is 30.3 Å². The van der Waals surface area contributed by atoms with Gasteiger partial charge in [0.05, 0.1) is 10.4 Å². The number of anilines is 1. The minimum absolute atomic E-state index is 0. The van der Waals surface area contributed by atoms with Crippen molar-refractivity contribution in [1.29, 1.82) is 0 Å². The van der Waals surface area contributed by atoms with Crippen LogP contribution in [-0.4, -0.2) is 24.4 Å². The Kier molecular flexibility index (Phi) is 6.86. The Bertz CT molecular complexity index is 1070. The zero-order valence-corrected chi connectivity index (χ0v) is 16.1. The van der Waals surface area contributed by atoms with Gasteiger partial charge in [0.2, 0.25) is 5.95 Å². The minimum atomic E-state index is -0.426. The summed E-state index contributed by atoms with van der Waals surface area (Å²) in [5.74, 6) is 0.977. The van der Waals surface area contributed by atoms with Gasteiger partial charge in [-0.2, -0.15) is 4.98 Å². The second-order valence-corrected chi connectivity index (χ2v) is 5.64. The van der Waals surface area contributed by atoms with Crippen LogP contribution >= 0.6 is 24.8 Å². The zero-order valence-electron chi connectivity index (χ0n) is 14.4. The molecule has 0 spiro atoms. The van der Waals surface area contributed by atoms with Gasteiger partial charge >= 0.3 is 0 Å². The van der Waals surface area contributed by atoms with Crippen molar-refractivity contribution < 1.29 is 4.92 Å². The lowest BCUT2D eigenvalue weighted by Gasteiger charge is -2.11. The molecule has 0 amide bonds. The molecule has 2 aromatic heterocycles. The number of non-ortho nitro benzene ring substituents is 1. The number of nitrogens with one attached hydrogen (secondary N) is 1. The van der Waals surface area contributed by atoms with E-state index in [9.17, 15) is 10.1 Å². The van der Waals surface area contributed by atoms with Crippen molar-refractivity contribution in [3.8, 4) is 5.95 Å². The summed E-state index contributed by atoms with van der Waals surface area (Å²) in [6, 6.07) is 14.4. The van der Waals surface area contributed by atoms with Gasteiger partial charge in [-0.15, -0.1) is 24.8 Å². The molecule has 2 heterocycles. The number of hydrogen-bond acceptors (Lipinski definition) is 6. The highest BCUT2D eigenvalue weighted by atomic mass is 35.5. The van der Waals surface area contributed by atoms with Crippen LogP contribution in [0.15, 0.2) is 67.3 Å². The number of rotatable bonds is 5. The van der Waals surface area contributed by atoms with E-state index >= 15 is 0 Å².